The van der Waals surface area contributed by atoms with Crippen LogP contribution in [0.25, 0.3) is 0 Å². The molecule has 1 unspecified atom stereocenters. The molecule has 0 aliphatic carbocycles. The number of carbonyl (C=O) groups excluding carboxylic acids is 1. The molecule has 162 valence electrons. The number of hydrogen-bond acceptors (Lipinski definition) is 4. The minimum Gasteiger partial charge on any atom is -0.379 e. The molecule has 7 nitrogen and oxygen atoms in total. The van der Waals surface area contributed by atoms with Crippen LogP contribution in [0.5, 0.6) is 0 Å². The third-order valence-corrected chi connectivity index (χ3v) is 5.11. The highest BCUT2D eigenvalue weighted by Gasteiger charge is 2.19. The molecule has 0 aromatic heterocycles. The van der Waals surface area contributed by atoms with E-state index >= 15 is 0 Å². The number of rotatable bonds is 9. The maximum absolute atomic E-state index is 11.7. The van der Waals surface area contributed by atoms with Gasteiger partial charge in [0, 0.05) is 52.9 Å². The second-order valence-electron chi connectivity index (χ2n) is 7.30. The molecule has 2 N–H and O–H groups in total. The first-order chi connectivity index (χ1) is 13.7. The lowest BCUT2D eigenvalue weighted by atomic mass is 10.1. The summed E-state index contributed by atoms with van der Waals surface area (Å²) in [5.41, 5.74) is 2.36. The van der Waals surface area contributed by atoms with Gasteiger partial charge in [0.2, 0.25) is 5.91 Å². The quantitative estimate of drug-likeness (QED) is 0.228. The summed E-state index contributed by atoms with van der Waals surface area (Å²) < 4.78 is 11.1. The van der Waals surface area contributed by atoms with Gasteiger partial charge in [-0.05, 0) is 30.4 Å². The standard InChI is InChI=1S/C21H32N4O3.HI/c1-22-21(23-10-3-12-28-19-9-13-27-16-19)24-14-17-5-7-18(8-6-17)15-25-11-2-4-20(25)26;/h5-8,19H,2-4,9-16H2,1H3,(H2,22,23,24);1H. The van der Waals surface area contributed by atoms with Crippen LogP contribution in [0, 0.1) is 0 Å². The van der Waals surface area contributed by atoms with Crippen LogP contribution in [0.2, 0.25) is 0 Å². The molecule has 2 aliphatic rings. The summed E-state index contributed by atoms with van der Waals surface area (Å²) in [5.74, 6) is 1.05. The molecule has 1 aromatic carbocycles. The molecule has 2 saturated heterocycles. The minimum absolute atomic E-state index is 0. The number of nitrogens with zero attached hydrogens (tertiary/aromatic N) is 2. The Hall–Kier alpha value is -1.39. The van der Waals surface area contributed by atoms with Gasteiger partial charge in [-0.2, -0.15) is 0 Å². The molecule has 0 spiro atoms. The van der Waals surface area contributed by atoms with Crippen molar-refractivity contribution in [3.05, 3.63) is 35.4 Å². The number of nitrogens with one attached hydrogen (secondary N) is 2. The molecule has 8 heteroatoms. The van der Waals surface area contributed by atoms with Gasteiger partial charge in [-0.3, -0.25) is 9.79 Å². The maximum Gasteiger partial charge on any atom is 0.222 e. The van der Waals surface area contributed by atoms with Crippen LogP contribution in [-0.4, -0.2) is 62.8 Å². The molecular weight excluding hydrogens is 483 g/mol. The lowest BCUT2D eigenvalue weighted by molar-refractivity contribution is -0.128. The zero-order valence-corrected chi connectivity index (χ0v) is 19.5. The first kappa shape index (κ1) is 23.9. The van der Waals surface area contributed by atoms with E-state index in [0.717, 1.165) is 58.1 Å². The molecule has 0 saturated carbocycles. The molecule has 0 bridgehead atoms. The number of aliphatic imine (C=N–C) groups is 1. The highest BCUT2D eigenvalue weighted by Crippen LogP contribution is 2.14. The highest BCUT2D eigenvalue weighted by molar-refractivity contribution is 14.0. The lowest BCUT2D eigenvalue weighted by Crippen LogP contribution is -2.37. The van der Waals surface area contributed by atoms with E-state index in [1.54, 1.807) is 7.05 Å². The van der Waals surface area contributed by atoms with E-state index in [4.69, 9.17) is 9.47 Å². The van der Waals surface area contributed by atoms with Crippen LogP contribution in [0.4, 0.5) is 0 Å². The van der Waals surface area contributed by atoms with Gasteiger partial charge in [0.05, 0.1) is 12.7 Å². The van der Waals surface area contributed by atoms with Crippen LogP contribution >= 0.6 is 24.0 Å². The van der Waals surface area contributed by atoms with Crippen molar-refractivity contribution in [2.45, 2.75) is 44.9 Å². The number of benzene rings is 1. The number of amides is 1. The minimum atomic E-state index is 0. The Morgan fingerprint density at radius 1 is 1.28 bits per heavy atom. The van der Waals surface area contributed by atoms with Crippen LogP contribution in [0.3, 0.4) is 0 Å². The van der Waals surface area contributed by atoms with Gasteiger partial charge in [-0.15, -0.1) is 24.0 Å². The van der Waals surface area contributed by atoms with Crippen molar-refractivity contribution in [1.82, 2.24) is 15.5 Å². The van der Waals surface area contributed by atoms with Crippen molar-refractivity contribution >= 4 is 35.8 Å². The number of halogens is 1. The maximum atomic E-state index is 11.7. The van der Waals surface area contributed by atoms with Gasteiger partial charge in [0.15, 0.2) is 5.96 Å². The van der Waals surface area contributed by atoms with E-state index in [0.29, 0.717) is 19.5 Å². The zero-order chi connectivity index (χ0) is 19.6. The lowest BCUT2D eigenvalue weighted by Gasteiger charge is -2.16. The molecule has 29 heavy (non-hydrogen) atoms. The topological polar surface area (TPSA) is 75.2 Å². The number of likely N-dealkylation sites (tertiary alicyclic amines) is 1. The SMILES string of the molecule is CN=C(NCCCOC1CCOC1)NCc1ccc(CN2CCCC2=O)cc1.I. The monoisotopic (exact) mass is 516 g/mol. The zero-order valence-electron chi connectivity index (χ0n) is 17.2. The van der Waals surface area contributed by atoms with Gasteiger partial charge in [0.1, 0.15) is 0 Å². The summed E-state index contributed by atoms with van der Waals surface area (Å²) in [7, 11) is 1.78. The van der Waals surface area contributed by atoms with Gasteiger partial charge in [-0.25, -0.2) is 0 Å². The van der Waals surface area contributed by atoms with Crippen LogP contribution in [0.15, 0.2) is 29.3 Å². The third kappa shape index (κ3) is 8.10. The fourth-order valence-corrected chi connectivity index (χ4v) is 3.43. The van der Waals surface area contributed by atoms with E-state index in [1.807, 2.05) is 4.90 Å². The Morgan fingerprint density at radius 3 is 2.72 bits per heavy atom. The van der Waals surface area contributed by atoms with E-state index in [-0.39, 0.29) is 36.0 Å². The molecule has 2 aliphatic heterocycles. The number of hydrogen-bond donors (Lipinski definition) is 2. The number of ether oxygens (including phenoxy) is 2. The van der Waals surface area contributed by atoms with Crippen molar-refractivity contribution in [3.8, 4) is 0 Å². The van der Waals surface area contributed by atoms with Crippen molar-refractivity contribution in [3.63, 3.8) is 0 Å². The van der Waals surface area contributed by atoms with Crippen molar-refractivity contribution in [2.75, 3.05) is 40.0 Å². The third-order valence-electron chi connectivity index (χ3n) is 5.11. The molecule has 1 atom stereocenters. The normalized spacial score (nSPS) is 19.3. The van der Waals surface area contributed by atoms with E-state index in [9.17, 15) is 4.79 Å². The van der Waals surface area contributed by atoms with Gasteiger partial charge >= 0.3 is 0 Å². The first-order valence-electron chi connectivity index (χ1n) is 10.2. The fourth-order valence-electron chi connectivity index (χ4n) is 3.43. The highest BCUT2D eigenvalue weighted by atomic mass is 127. The molecule has 2 fully saturated rings. The Kier molecular flexibility index (Phi) is 10.7. The summed E-state index contributed by atoms with van der Waals surface area (Å²) in [5, 5.41) is 6.64. The Morgan fingerprint density at radius 2 is 2.07 bits per heavy atom. The Balaban J connectivity index is 0.00000300. The summed E-state index contributed by atoms with van der Waals surface area (Å²) in [6.07, 6.45) is 3.87. The smallest absolute Gasteiger partial charge is 0.222 e. The molecule has 1 amide bonds. The molecule has 0 radical (unpaired) electrons. The van der Waals surface area contributed by atoms with E-state index < -0.39 is 0 Å². The number of guanidine groups is 1. The Labute approximate surface area is 190 Å². The number of carbonyl (C=O) groups is 1. The predicted octanol–water partition coefficient (Wildman–Crippen LogP) is 2.29. The first-order valence-corrected chi connectivity index (χ1v) is 10.2. The largest absolute Gasteiger partial charge is 0.379 e. The summed E-state index contributed by atoms with van der Waals surface area (Å²) in [6, 6.07) is 8.41. The van der Waals surface area contributed by atoms with Crippen LogP contribution < -0.4 is 10.6 Å². The van der Waals surface area contributed by atoms with E-state index in [2.05, 4.69) is 39.9 Å². The van der Waals surface area contributed by atoms with Crippen molar-refractivity contribution in [2.24, 2.45) is 4.99 Å². The second kappa shape index (κ2) is 13.0. The van der Waals surface area contributed by atoms with Crippen LogP contribution in [0.1, 0.15) is 36.8 Å². The molecule has 1 aromatic rings. The molecule has 2 heterocycles. The summed E-state index contributed by atoms with van der Waals surface area (Å²) in [4.78, 5) is 17.9. The molecular formula is C21H33IN4O3. The second-order valence-corrected chi connectivity index (χ2v) is 7.30. The van der Waals surface area contributed by atoms with Crippen LogP contribution in [-0.2, 0) is 27.4 Å². The Bertz CT molecular complexity index is 648. The van der Waals surface area contributed by atoms with Gasteiger partial charge < -0.3 is 25.0 Å². The summed E-state index contributed by atoms with van der Waals surface area (Å²) in [6.45, 7) is 5.39. The summed E-state index contributed by atoms with van der Waals surface area (Å²) >= 11 is 0. The van der Waals surface area contributed by atoms with Gasteiger partial charge in [-0.1, -0.05) is 24.3 Å². The average Bonchev–Trinajstić information content (AvgIpc) is 3.37. The molecule has 3 rings (SSSR count). The fraction of sp³-hybridized carbons (Fsp3) is 0.619. The van der Waals surface area contributed by atoms with E-state index in [1.165, 1.54) is 11.1 Å². The predicted molar refractivity (Wildman–Crippen MR) is 125 cm³/mol. The van der Waals surface area contributed by atoms with Crippen molar-refractivity contribution in [1.29, 1.82) is 0 Å². The average molecular weight is 516 g/mol. The van der Waals surface area contributed by atoms with Crippen molar-refractivity contribution < 1.29 is 14.3 Å². The van der Waals surface area contributed by atoms with Gasteiger partial charge in [0.25, 0.3) is 0 Å².